The molecule has 10 heteroatoms. The average Bonchev–Trinajstić information content (AvgIpc) is 3.04. The van der Waals surface area contributed by atoms with Crippen molar-refractivity contribution in [2.45, 2.75) is 71.8 Å². The van der Waals surface area contributed by atoms with Gasteiger partial charge in [-0.15, -0.1) is 0 Å². The van der Waals surface area contributed by atoms with Gasteiger partial charge in [-0.25, -0.2) is 4.79 Å². The molecule has 0 fully saturated rings. The summed E-state index contributed by atoms with van der Waals surface area (Å²) in [6.45, 7) is 7.88. The van der Waals surface area contributed by atoms with Crippen molar-refractivity contribution in [3.8, 4) is 5.75 Å². The van der Waals surface area contributed by atoms with Crippen molar-refractivity contribution in [1.82, 2.24) is 21.3 Å². The van der Waals surface area contributed by atoms with Crippen LogP contribution in [0.1, 0.15) is 50.8 Å². The van der Waals surface area contributed by atoms with Crippen LogP contribution in [0.2, 0.25) is 0 Å². The lowest BCUT2D eigenvalue weighted by Crippen LogP contribution is -2.58. The zero-order valence-electron chi connectivity index (χ0n) is 26.3. The molecule has 0 saturated heterocycles. The second-order valence-electron chi connectivity index (χ2n) is 11.4. The van der Waals surface area contributed by atoms with Gasteiger partial charge in [0.2, 0.25) is 17.7 Å². The van der Waals surface area contributed by atoms with E-state index in [1.165, 1.54) is 12.1 Å². The molecular weight excluding hydrogens is 572 g/mol. The van der Waals surface area contributed by atoms with E-state index >= 15 is 0 Å². The van der Waals surface area contributed by atoms with E-state index in [0.29, 0.717) is 18.5 Å². The van der Waals surface area contributed by atoms with Gasteiger partial charge in [-0.3, -0.25) is 19.7 Å². The zero-order valence-corrected chi connectivity index (χ0v) is 26.3. The van der Waals surface area contributed by atoms with Crippen LogP contribution in [-0.4, -0.2) is 47.0 Å². The lowest BCUT2D eigenvalue weighted by atomic mass is 9.97. The van der Waals surface area contributed by atoms with Crippen molar-refractivity contribution >= 4 is 23.8 Å². The lowest BCUT2D eigenvalue weighted by Gasteiger charge is -2.27. The molecule has 3 rings (SSSR count). The third-order valence-corrected chi connectivity index (χ3v) is 7.56. The zero-order chi connectivity index (χ0) is 32.8. The fourth-order valence-corrected chi connectivity index (χ4v) is 4.66. The standard InChI is InChI=1S/C35H44N4O6/c1-5-24(4)31(36-21-26-12-8-6-9-13-26)34(43)39-32(41)29(20-25-16-18-28(40)19-17-25)37-33(42)30(23(2)3)38-35(44)45-22-27-14-10-7-11-15-27/h6-19,23-24,29-31,36,40H,5,20-22H2,1-4H3,(H,37,42)(H,38,44)(H,39,41,43)/t24-,29-,30-,31-/m0/s1. The maximum Gasteiger partial charge on any atom is 0.408 e. The summed E-state index contributed by atoms with van der Waals surface area (Å²) in [4.78, 5) is 53.1. The number of amides is 4. The Morgan fingerprint density at radius 3 is 1.89 bits per heavy atom. The van der Waals surface area contributed by atoms with Crippen molar-refractivity contribution in [3.63, 3.8) is 0 Å². The number of phenols is 1. The van der Waals surface area contributed by atoms with Crippen LogP contribution in [-0.2, 0) is 38.7 Å². The molecule has 0 aliphatic carbocycles. The molecule has 0 heterocycles. The number of ether oxygens (including phenoxy) is 1. The van der Waals surface area contributed by atoms with Crippen LogP contribution in [0.4, 0.5) is 4.79 Å². The van der Waals surface area contributed by atoms with E-state index in [2.05, 4.69) is 21.3 Å². The van der Waals surface area contributed by atoms with Crippen molar-refractivity contribution in [1.29, 1.82) is 0 Å². The molecule has 45 heavy (non-hydrogen) atoms. The van der Waals surface area contributed by atoms with E-state index in [0.717, 1.165) is 11.1 Å². The maximum absolute atomic E-state index is 13.6. The Morgan fingerprint density at radius 2 is 1.31 bits per heavy atom. The van der Waals surface area contributed by atoms with Crippen LogP contribution in [0, 0.1) is 11.8 Å². The Hall–Kier alpha value is -4.70. The number of carbonyl (C=O) groups is 4. The van der Waals surface area contributed by atoms with Gasteiger partial charge < -0.3 is 25.8 Å². The molecule has 3 aromatic carbocycles. The normalized spacial score (nSPS) is 13.6. The molecular formula is C35H44N4O6. The quantitative estimate of drug-likeness (QED) is 0.172. The first-order valence-electron chi connectivity index (χ1n) is 15.2. The molecule has 4 atom stereocenters. The molecule has 0 aliphatic heterocycles. The molecule has 4 amide bonds. The molecule has 0 radical (unpaired) electrons. The minimum atomic E-state index is -1.15. The number of hydrogen-bond acceptors (Lipinski definition) is 7. The van der Waals surface area contributed by atoms with Crippen molar-refractivity contribution in [2.24, 2.45) is 11.8 Å². The highest BCUT2D eigenvalue weighted by Crippen LogP contribution is 2.14. The van der Waals surface area contributed by atoms with E-state index in [-0.39, 0.29) is 30.6 Å². The molecule has 0 aromatic heterocycles. The predicted octanol–water partition coefficient (Wildman–Crippen LogP) is 4.22. The highest BCUT2D eigenvalue weighted by molar-refractivity contribution is 6.01. The van der Waals surface area contributed by atoms with Gasteiger partial charge in [0.1, 0.15) is 24.4 Å². The van der Waals surface area contributed by atoms with Crippen molar-refractivity contribution < 1.29 is 29.0 Å². The number of imide groups is 1. The molecule has 0 spiro atoms. The van der Waals surface area contributed by atoms with Crippen molar-refractivity contribution in [2.75, 3.05) is 0 Å². The van der Waals surface area contributed by atoms with Gasteiger partial charge in [0, 0.05) is 13.0 Å². The number of nitrogens with one attached hydrogen (secondary N) is 4. The molecule has 0 unspecified atom stereocenters. The van der Waals surface area contributed by atoms with Gasteiger partial charge in [0.15, 0.2) is 0 Å². The Labute approximate surface area is 265 Å². The van der Waals surface area contributed by atoms with E-state index in [1.54, 1.807) is 26.0 Å². The summed E-state index contributed by atoms with van der Waals surface area (Å²) in [7, 11) is 0. The summed E-state index contributed by atoms with van der Waals surface area (Å²) in [5, 5.41) is 20.8. The van der Waals surface area contributed by atoms with Crippen LogP contribution < -0.4 is 21.3 Å². The first-order chi connectivity index (χ1) is 21.6. The Morgan fingerprint density at radius 1 is 0.711 bits per heavy atom. The SMILES string of the molecule is CC[C@H](C)[C@H](NCc1ccccc1)C(=O)NC(=O)[C@H](Cc1ccc(O)cc1)NC(=O)[C@@H](NC(=O)OCc1ccccc1)C(C)C. The van der Waals surface area contributed by atoms with E-state index < -0.39 is 41.9 Å². The summed E-state index contributed by atoms with van der Waals surface area (Å²) >= 11 is 0. The van der Waals surface area contributed by atoms with Gasteiger partial charge in [0.05, 0.1) is 6.04 Å². The monoisotopic (exact) mass is 616 g/mol. The highest BCUT2D eigenvalue weighted by Gasteiger charge is 2.32. The summed E-state index contributed by atoms with van der Waals surface area (Å²) in [6.07, 6.45) is -0.0349. The highest BCUT2D eigenvalue weighted by atomic mass is 16.5. The van der Waals surface area contributed by atoms with Gasteiger partial charge in [0.25, 0.3) is 0 Å². The third-order valence-electron chi connectivity index (χ3n) is 7.56. The number of rotatable bonds is 15. The minimum absolute atomic E-state index is 0.0305. The van der Waals surface area contributed by atoms with Gasteiger partial charge in [-0.1, -0.05) is 107 Å². The molecule has 240 valence electrons. The fraction of sp³-hybridized carbons (Fsp3) is 0.371. The molecule has 5 N–H and O–H groups in total. The van der Waals surface area contributed by atoms with Crippen LogP contribution in [0.3, 0.4) is 0 Å². The van der Waals surface area contributed by atoms with E-state index in [9.17, 15) is 24.3 Å². The molecule has 10 nitrogen and oxygen atoms in total. The van der Waals surface area contributed by atoms with E-state index in [4.69, 9.17) is 4.74 Å². The smallest absolute Gasteiger partial charge is 0.408 e. The number of carbonyl (C=O) groups excluding carboxylic acids is 4. The van der Waals surface area contributed by atoms with E-state index in [1.807, 2.05) is 74.5 Å². The number of benzene rings is 3. The second kappa shape index (κ2) is 17.6. The van der Waals surface area contributed by atoms with Crippen LogP contribution in [0.25, 0.3) is 0 Å². The summed E-state index contributed by atoms with van der Waals surface area (Å²) in [6, 6.07) is 22.2. The van der Waals surface area contributed by atoms with Crippen LogP contribution in [0.15, 0.2) is 84.9 Å². The lowest BCUT2D eigenvalue weighted by molar-refractivity contribution is -0.136. The molecule has 0 aliphatic rings. The third kappa shape index (κ3) is 11.4. The maximum atomic E-state index is 13.6. The van der Waals surface area contributed by atoms with Crippen molar-refractivity contribution in [3.05, 3.63) is 102 Å². The summed E-state index contributed by atoms with van der Waals surface area (Å²) < 4.78 is 5.30. The first kappa shape index (κ1) is 34.8. The number of hydrogen-bond donors (Lipinski definition) is 5. The summed E-state index contributed by atoms with van der Waals surface area (Å²) in [5.41, 5.74) is 2.44. The average molecular weight is 617 g/mol. The Bertz CT molecular complexity index is 1380. The fourth-order valence-electron chi connectivity index (χ4n) is 4.66. The number of aromatic hydroxyl groups is 1. The topological polar surface area (TPSA) is 146 Å². The molecule has 0 saturated carbocycles. The van der Waals surface area contributed by atoms with Gasteiger partial charge in [-0.2, -0.15) is 0 Å². The first-order valence-corrected chi connectivity index (χ1v) is 15.2. The Kier molecular flexibility index (Phi) is 13.6. The molecule has 0 bridgehead atoms. The second-order valence-corrected chi connectivity index (χ2v) is 11.4. The minimum Gasteiger partial charge on any atom is -0.508 e. The van der Waals surface area contributed by atoms with Crippen LogP contribution >= 0.6 is 0 Å². The molecule has 3 aromatic rings. The summed E-state index contributed by atoms with van der Waals surface area (Å²) in [5.74, 6) is -2.16. The number of phenolic OH excluding ortho intramolecular Hbond substituents is 1. The number of alkyl carbamates (subject to hydrolysis) is 1. The predicted molar refractivity (Wildman–Crippen MR) is 172 cm³/mol. The largest absolute Gasteiger partial charge is 0.508 e. The Balaban J connectivity index is 1.73. The van der Waals surface area contributed by atoms with Gasteiger partial charge in [-0.05, 0) is 40.7 Å². The van der Waals surface area contributed by atoms with Gasteiger partial charge >= 0.3 is 6.09 Å². The van der Waals surface area contributed by atoms with Crippen LogP contribution in [0.5, 0.6) is 5.75 Å².